The Morgan fingerprint density at radius 1 is 0.561 bits per heavy atom. The molecule has 2 unspecified atom stereocenters. The monoisotopic (exact) mass is 603 g/mol. The normalized spacial score (nSPS) is 13.4. The lowest BCUT2D eigenvalue weighted by Crippen LogP contribution is -2.47. The molecule has 246 valence electrons. The van der Waals surface area contributed by atoms with Crippen molar-refractivity contribution in [2.75, 3.05) is 5.75 Å². The molecule has 0 aliphatic rings. The SMILES string of the molecule is CCCCCCCCCCCCCCCCC(=O)NC(CS(=O)(=O)O)C(O)CCCCCCCCCCCCCC. The van der Waals surface area contributed by atoms with Crippen LogP contribution in [0.3, 0.4) is 0 Å². The smallest absolute Gasteiger partial charge is 0.266 e. The van der Waals surface area contributed by atoms with E-state index in [0.717, 1.165) is 38.5 Å². The minimum absolute atomic E-state index is 0.244. The van der Waals surface area contributed by atoms with Crippen molar-refractivity contribution in [2.45, 2.75) is 206 Å². The zero-order valence-electron chi connectivity index (χ0n) is 27.2. The van der Waals surface area contributed by atoms with E-state index in [0.29, 0.717) is 12.8 Å². The molecule has 3 N–H and O–H groups in total. The second-order valence-electron chi connectivity index (χ2n) is 12.5. The summed E-state index contributed by atoms with van der Waals surface area (Å²) in [5.74, 6) is -0.886. The summed E-state index contributed by atoms with van der Waals surface area (Å²) in [7, 11) is -4.29. The summed E-state index contributed by atoms with van der Waals surface area (Å²) < 4.78 is 32.3. The maximum Gasteiger partial charge on any atom is 0.266 e. The molecule has 0 radical (unpaired) electrons. The van der Waals surface area contributed by atoms with E-state index in [2.05, 4.69) is 19.2 Å². The van der Waals surface area contributed by atoms with Crippen LogP contribution >= 0.6 is 0 Å². The highest BCUT2D eigenvalue weighted by Gasteiger charge is 2.26. The molecule has 0 rings (SSSR count). The minimum Gasteiger partial charge on any atom is -0.391 e. The van der Waals surface area contributed by atoms with Crippen LogP contribution in [0.4, 0.5) is 0 Å². The predicted octanol–water partition coefficient (Wildman–Crippen LogP) is 9.68. The molecule has 0 aromatic carbocycles. The number of unbranched alkanes of at least 4 members (excludes halogenated alkanes) is 24. The summed E-state index contributed by atoms with van der Waals surface area (Å²) in [5, 5.41) is 13.3. The molecular weight excluding hydrogens is 534 g/mol. The third kappa shape index (κ3) is 30.6. The molecule has 0 aromatic rings. The van der Waals surface area contributed by atoms with Crippen LogP contribution in [-0.2, 0) is 14.9 Å². The largest absolute Gasteiger partial charge is 0.391 e. The van der Waals surface area contributed by atoms with Crippen molar-refractivity contribution >= 4 is 16.0 Å². The molecule has 0 aromatic heterocycles. The van der Waals surface area contributed by atoms with Crippen molar-refractivity contribution in [1.82, 2.24) is 5.32 Å². The average molecular weight is 604 g/mol. The van der Waals surface area contributed by atoms with Gasteiger partial charge in [0.25, 0.3) is 10.1 Å². The second-order valence-corrected chi connectivity index (χ2v) is 14.0. The molecule has 6 nitrogen and oxygen atoms in total. The first-order chi connectivity index (χ1) is 19.8. The van der Waals surface area contributed by atoms with Crippen LogP contribution < -0.4 is 5.32 Å². The number of aliphatic hydroxyl groups is 1. The van der Waals surface area contributed by atoms with Gasteiger partial charge in [0, 0.05) is 6.42 Å². The average Bonchev–Trinajstić information content (AvgIpc) is 2.92. The third-order valence-electron chi connectivity index (χ3n) is 8.31. The molecule has 0 aliphatic heterocycles. The molecule has 0 saturated heterocycles. The van der Waals surface area contributed by atoms with Crippen LogP contribution in [0.1, 0.15) is 194 Å². The van der Waals surface area contributed by atoms with E-state index < -0.39 is 28.0 Å². The zero-order chi connectivity index (χ0) is 30.4. The van der Waals surface area contributed by atoms with Gasteiger partial charge < -0.3 is 10.4 Å². The first-order valence-electron chi connectivity index (χ1n) is 17.7. The molecule has 0 spiro atoms. The van der Waals surface area contributed by atoms with E-state index in [1.165, 1.54) is 128 Å². The molecule has 0 heterocycles. The van der Waals surface area contributed by atoms with Crippen molar-refractivity contribution < 1.29 is 22.9 Å². The van der Waals surface area contributed by atoms with Crippen LogP contribution in [-0.4, -0.2) is 41.9 Å². The first-order valence-corrected chi connectivity index (χ1v) is 19.3. The number of hydrogen-bond acceptors (Lipinski definition) is 4. The van der Waals surface area contributed by atoms with Gasteiger partial charge in [-0.15, -0.1) is 0 Å². The maximum atomic E-state index is 12.4. The topological polar surface area (TPSA) is 104 Å². The van der Waals surface area contributed by atoms with Crippen molar-refractivity contribution in [3.05, 3.63) is 0 Å². The Bertz CT molecular complexity index is 670. The fraction of sp³-hybridized carbons (Fsp3) is 0.971. The third-order valence-corrected chi connectivity index (χ3v) is 9.09. The lowest BCUT2D eigenvalue weighted by Gasteiger charge is -2.23. The molecule has 1 amide bonds. The first kappa shape index (κ1) is 40.3. The number of aliphatic hydroxyl groups excluding tert-OH is 1. The van der Waals surface area contributed by atoms with E-state index in [9.17, 15) is 22.9 Å². The van der Waals surface area contributed by atoms with Gasteiger partial charge in [-0.3, -0.25) is 9.35 Å². The Hall–Kier alpha value is -0.660. The van der Waals surface area contributed by atoms with Gasteiger partial charge in [0.15, 0.2) is 0 Å². The minimum atomic E-state index is -4.29. The van der Waals surface area contributed by atoms with E-state index in [1.807, 2.05) is 0 Å². The van der Waals surface area contributed by atoms with Gasteiger partial charge in [-0.05, 0) is 12.8 Å². The van der Waals surface area contributed by atoms with E-state index in [1.54, 1.807) is 0 Å². The van der Waals surface area contributed by atoms with Gasteiger partial charge in [-0.25, -0.2) is 0 Å². The Morgan fingerprint density at radius 3 is 1.22 bits per heavy atom. The van der Waals surface area contributed by atoms with Crippen molar-refractivity contribution in [3.8, 4) is 0 Å². The fourth-order valence-electron chi connectivity index (χ4n) is 5.63. The van der Waals surface area contributed by atoms with Crippen LogP contribution in [0.25, 0.3) is 0 Å². The lowest BCUT2D eigenvalue weighted by atomic mass is 10.0. The van der Waals surface area contributed by atoms with Gasteiger partial charge in [0.2, 0.25) is 5.91 Å². The highest BCUT2D eigenvalue weighted by molar-refractivity contribution is 7.85. The highest BCUT2D eigenvalue weighted by Crippen LogP contribution is 2.16. The summed E-state index contributed by atoms with van der Waals surface area (Å²) in [4.78, 5) is 12.4. The molecule has 7 heteroatoms. The summed E-state index contributed by atoms with van der Waals surface area (Å²) in [5.41, 5.74) is 0. The maximum absolute atomic E-state index is 12.4. The predicted molar refractivity (Wildman–Crippen MR) is 175 cm³/mol. The van der Waals surface area contributed by atoms with Crippen LogP contribution in [0.2, 0.25) is 0 Å². The summed E-state index contributed by atoms with van der Waals surface area (Å²) in [6, 6.07) is -0.961. The number of nitrogens with one attached hydrogen (secondary N) is 1. The van der Waals surface area contributed by atoms with Gasteiger partial charge >= 0.3 is 0 Å². The molecule has 2 atom stereocenters. The Morgan fingerprint density at radius 2 is 0.878 bits per heavy atom. The number of carbonyl (C=O) groups is 1. The fourth-order valence-corrected chi connectivity index (χ4v) is 6.39. The molecule has 41 heavy (non-hydrogen) atoms. The highest BCUT2D eigenvalue weighted by atomic mass is 32.2. The Labute approximate surface area is 255 Å². The standard InChI is InChI=1S/C34H69NO5S/c1-3-5-7-9-11-13-15-17-18-20-22-24-26-28-30-34(37)35-32(31-41(38,39)40)33(36)29-27-25-23-21-19-16-14-12-10-8-6-4-2/h32-33,36H,3-31H2,1-2H3,(H,35,37)(H,38,39,40). The van der Waals surface area contributed by atoms with Crippen LogP contribution in [0.15, 0.2) is 0 Å². The van der Waals surface area contributed by atoms with Crippen molar-refractivity contribution in [3.63, 3.8) is 0 Å². The summed E-state index contributed by atoms with van der Waals surface area (Å²) in [6.07, 6.45) is 31.9. The Kier molecular flexibility index (Phi) is 28.9. The zero-order valence-corrected chi connectivity index (χ0v) is 28.0. The van der Waals surface area contributed by atoms with E-state index in [4.69, 9.17) is 0 Å². The van der Waals surface area contributed by atoms with Crippen LogP contribution in [0.5, 0.6) is 0 Å². The molecule has 0 bridgehead atoms. The quantitative estimate of drug-likeness (QED) is 0.0524. The van der Waals surface area contributed by atoms with E-state index >= 15 is 0 Å². The lowest BCUT2D eigenvalue weighted by molar-refractivity contribution is -0.122. The number of amides is 1. The molecule has 0 saturated carbocycles. The van der Waals surface area contributed by atoms with Gasteiger partial charge in [-0.2, -0.15) is 8.42 Å². The van der Waals surface area contributed by atoms with Crippen LogP contribution in [0, 0.1) is 0 Å². The molecule has 0 fully saturated rings. The second kappa shape index (κ2) is 29.4. The molecular formula is C34H69NO5S. The Balaban J connectivity index is 3.91. The summed E-state index contributed by atoms with van der Waals surface area (Å²) >= 11 is 0. The number of carbonyl (C=O) groups excluding carboxylic acids is 1. The van der Waals surface area contributed by atoms with Crippen molar-refractivity contribution in [1.29, 1.82) is 0 Å². The van der Waals surface area contributed by atoms with E-state index in [-0.39, 0.29) is 5.91 Å². The summed E-state index contributed by atoms with van der Waals surface area (Å²) in [6.45, 7) is 4.50. The number of rotatable bonds is 32. The van der Waals surface area contributed by atoms with Crippen molar-refractivity contribution in [2.24, 2.45) is 0 Å². The van der Waals surface area contributed by atoms with Gasteiger partial charge in [0.1, 0.15) is 0 Å². The van der Waals surface area contributed by atoms with Gasteiger partial charge in [-0.1, -0.05) is 174 Å². The molecule has 0 aliphatic carbocycles. The number of hydrogen-bond donors (Lipinski definition) is 3. The van der Waals surface area contributed by atoms with Gasteiger partial charge in [0.05, 0.1) is 17.9 Å².